The third-order valence-corrected chi connectivity index (χ3v) is 3.07. The Morgan fingerprint density at radius 1 is 1.20 bits per heavy atom. The Labute approximate surface area is 150 Å². The van der Waals surface area contributed by atoms with Crippen molar-refractivity contribution < 1.29 is 9.53 Å². The number of aliphatic imine (C=N–C) groups is 1. The number of guanidine groups is 1. The van der Waals surface area contributed by atoms with E-state index in [1.807, 2.05) is 46.9 Å². The number of aryl methyl sites for hydroxylation is 1. The molecule has 0 aromatic carbocycles. The van der Waals surface area contributed by atoms with Gasteiger partial charge in [-0.25, -0.2) is 4.79 Å². The van der Waals surface area contributed by atoms with E-state index in [0.717, 1.165) is 30.2 Å². The molecule has 0 saturated heterocycles. The third kappa shape index (κ3) is 10.2. The van der Waals surface area contributed by atoms with Crippen LogP contribution in [0.4, 0.5) is 4.79 Å². The van der Waals surface area contributed by atoms with E-state index >= 15 is 0 Å². The molecule has 0 aliphatic heterocycles. The van der Waals surface area contributed by atoms with E-state index in [1.165, 1.54) is 0 Å². The zero-order chi connectivity index (χ0) is 18.7. The van der Waals surface area contributed by atoms with Crippen LogP contribution in [0.2, 0.25) is 0 Å². The van der Waals surface area contributed by atoms with E-state index in [1.54, 1.807) is 0 Å². The highest BCUT2D eigenvalue weighted by Gasteiger charge is 2.15. The zero-order valence-electron chi connectivity index (χ0n) is 16.0. The molecule has 1 heterocycles. The van der Waals surface area contributed by atoms with E-state index in [9.17, 15) is 4.79 Å². The second kappa shape index (κ2) is 10.5. The largest absolute Gasteiger partial charge is 0.444 e. The Bertz CT molecular complexity index is 550. The fourth-order valence-corrected chi connectivity index (χ4v) is 1.94. The number of pyridine rings is 1. The molecule has 1 amide bonds. The zero-order valence-corrected chi connectivity index (χ0v) is 16.0. The lowest BCUT2D eigenvalue weighted by Gasteiger charge is -2.19. The van der Waals surface area contributed by atoms with Crippen molar-refractivity contribution in [3.8, 4) is 0 Å². The van der Waals surface area contributed by atoms with Gasteiger partial charge < -0.3 is 20.7 Å². The van der Waals surface area contributed by atoms with Crippen LogP contribution in [0.25, 0.3) is 0 Å². The first kappa shape index (κ1) is 20.7. The summed E-state index contributed by atoms with van der Waals surface area (Å²) in [7, 11) is 0. The highest BCUT2D eigenvalue weighted by molar-refractivity contribution is 5.79. The van der Waals surface area contributed by atoms with E-state index < -0.39 is 11.7 Å². The quantitative estimate of drug-likeness (QED) is 0.398. The second-order valence-corrected chi connectivity index (χ2v) is 6.67. The molecule has 7 nitrogen and oxygen atoms in total. The molecule has 0 atom stereocenters. The molecule has 0 spiro atoms. The molecule has 1 aromatic rings. The van der Waals surface area contributed by atoms with Gasteiger partial charge >= 0.3 is 6.09 Å². The minimum Gasteiger partial charge on any atom is -0.444 e. The molecule has 0 saturated carbocycles. The predicted octanol–water partition coefficient (Wildman–Crippen LogP) is 2.01. The van der Waals surface area contributed by atoms with Crippen molar-refractivity contribution in [3.63, 3.8) is 0 Å². The van der Waals surface area contributed by atoms with Crippen LogP contribution < -0.4 is 16.0 Å². The summed E-state index contributed by atoms with van der Waals surface area (Å²) < 4.78 is 5.18. The molecule has 0 bridgehead atoms. The molecule has 7 heteroatoms. The van der Waals surface area contributed by atoms with E-state index in [0.29, 0.717) is 19.6 Å². The fourth-order valence-electron chi connectivity index (χ4n) is 1.94. The van der Waals surface area contributed by atoms with Crippen LogP contribution in [0.5, 0.6) is 0 Å². The molecule has 0 radical (unpaired) electrons. The molecule has 0 aliphatic rings. The number of aromatic nitrogens is 1. The van der Waals surface area contributed by atoms with Crippen molar-refractivity contribution >= 4 is 12.1 Å². The average Bonchev–Trinajstić information content (AvgIpc) is 2.51. The Kier molecular flexibility index (Phi) is 8.74. The number of hydrogen-bond acceptors (Lipinski definition) is 4. The van der Waals surface area contributed by atoms with Crippen LogP contribution in [-0.4, -0.2) is 48.8 Å². The molecule has 0 aliphatic carbocycles. The van der Waals surface area contributed by atoms with Crippen LogP contribution in [0, 0.1) is 6.92 Å². The molecule has 3 N–H and O–H groups in total. The lowest BCUT2D eigenvalue weighted by atomic mass is 10.2. The Hall–Kier alpha value is -2.31. The summed E-state index contributed by atoms with van der Waals surface area (Å²) in [5, 5.41) is 9.08. The smallest absolute Gasteiger partial charge is 0.407 e. The van der Waals surface area contributed by atoms with Crippen molar-refractivity contribution in [1.82, 2.24) is 20.9 Å². The molecule has 1 rings (SSSR count). The van der Waals surface area contributed by atoms with Gasteiger partial charge in [-0.1, -0.05) is 6.07 Å². The maximum atomic E-state index is 11.6. The number of amides is 1. The first-order valence-corrected chi connectivity index (χ1v) is 8.70. The highest BCUT2D eigenvalue weighted by Crippen LogP contribution is 2.06. The van der Waals surface area contributed by atoms with Crippen LogP contribution in [0.15, 0.2) is 23.3 Å². The summed E-state index contributed by atoms with van der Waals surface area (Å²) in [6, 6.07) is 4.08. The summed E-state index contributed by atoms with van der Waals surface area (Å²) >= 11 is 0. The highest BCUT2D eigenvalue weighted by atomic mass is 16.6. The van der Waals surface area contributed by atoms with E-state index in [2.05, 4.69) is 32.0 Å². The lowest BCUT2D eigenvalue weighted by molar-refractivity contribution is 0.0529. The standard InChI is InChI=1S/C18H31N5O2/c1-6-19-16(20-10-9-15-8-7-14(2)23-13-15)21-11-12-22-17(24)25-18(3,4)5/h7-8,13H,6,9-12H2,1-5H3,(H,22,24)(H2,19,20,21). The summed E-state index contributed by atoms with van der Waals surface area (Å²) in [5.41, 5.74) is 1.69. The van der Waals surface area contributed by atoms with Gasteiger partial charge in [-0.2, -0.15) is 0 Å². The molecular formula is C18H31N5O2. The number of ether oxygens (including phenoxy) is 1. The van der Waals surface area contributed by atoms with Crippen molar-refractivity contribution in [2.24, 2.45) is 4.99 Å². The summed E-state index contributed by atoms with van der Waals surface area (Å²) in [4.78, 5) is 20.4. The fraction of sp³-hybridized carbons (Fsp3) is 0.611. The van der Waals surface area contributed by atoms with Gasteiger partial charge in [-0.05, 0) is 52.7 Å². The molecular weight excluding hydrogens is 318 g/mol. The van der Waals surface area contributed by atoms with Crippen LogP contribution in [0.3, 0.4) is 0 Å². The molecule has 25 heavy (non-hydrogen) atoms. The van der Waals surface area contributed by atoms with Crippen LogP contribution >= 0.6 is 0 Å². The van der Waals surface area contributed by atoms with Crippen molar-refractivity contribution in [3.05, 3.63) is 29.6 Å². The topological polar surface area (TPSA) is 87.6 Å². The number of alkyl carbamates (subject to hydrolysis) is 1. The van der Waals surface area contributed by atoms with Gasteiger partial charge in [0.2, 0.25) is 0 Å². The van der Waals surface area contributed by atoms with Gasteiger partial charge in [-0.15, -0.1) is 0 Å². The Balaban J connectivity index is 2.33. The first-order chi connectivity index (χ1) is 11.8. The number of hydrogen-bond donors (Lipinski definition) is 3. The summed E-state index contributed by atoms with van der Waals surface area (Å²) in [6.45, 7) is 12.0. The maximum absolute atomic E-state index is 11.6. The van der Waals surface area contributed by atoms with E-state index in [4.69, 9.17) is 4.74 Å². The van der Waals surface area contributed by atoms with Gasteiger partial charge in [0.25, 0.3) is 0 Å². The maximum Gasteiger partial charge on any atom is 0.407 e. The van der Waals surface area contributed by atoms with E-state index in [-0.39, 0.29) is 0 Å². The number of carbonyl (C=O) groups excluding carboxylic acids is 1. The predicted molar refractivity (Wildman–Crippen MR) is 101 cm³/mol. The van der Waals surface area contributed by atoms with Crippen molar-refractivity contribution in [2.45, 2.75) is 46.6 Å². The molecule has 1 aromatic heterocycles. The Morgan fingerprint density at radius 3 is 2.52 bits per heavy atom. The number of rotatable bonds is 7. The summed E-state index contributed by atoms with van der Waals surface area (Å²) in [5.74, 6) is 0.730. The monoisotopic (exact) mass is 349 g/mol. The molecule has 140 valence electrons. The number of nitrogens with zero attached hydrogens (tertiary/aromatic N) is 2. The first-order valence-electron chi connectivity index (χ1n) is 8.70. The van der Waals surface area contributed by atoms with Crippen molar-refractivity contribution in [1.29, 1.82) is 0 Å². The number of nitrogens with one attached hydrogen (secondary N) is 3. The third-order valence-electron chi connectivity index (χ3n) is 3.07. The Morgan fingerprint density at radius 2 is 1.92 bits per heavy atom. The lowest BCUT2D eigenvalue weighted by Crippen LogP contribution is -2.42. The van der Waals surface area contributed by atoms with Crippen LogP contribution in [-0.2, 0) is 11.2 Å². The van der Waals surface area contributed by atoms with Gasteiger partial charge in [0.05, 0.1) is 0 Å². The molecule has 0 fully saturated rings. The SMILES string of the molecule is CCNC(=NCCc1ccc(C)nc1)NCCNC(=O)OC(C)(C)C. The van der Waals surface area contributed by atoms with Crippen molar-refractivity contribution in [2.75, 3.05) is 26.2 Å². The van der Waals surface area contributed by atoms with Gasteiger partial charge in [0.1, 0.15) is 5.60 Å². The average molecular weight is 349 g/mol. The second-order valence-electron chi connectivity index (χ2n) is 6.67. The normalized spacial score (nSPS) is 11.8. The minimum atomic E-state index is -0.487. The van der Waals surface area contributed by atoms with Crippen LogP contribution in [0.1, 0.15) is 39.0 Å². The minimum absolute atomic E-state index is 0.414. The molecule has 0 unspecified atom stereocenters. The summed E-state index contributed by atoms with van der Waals surface area (Å²) in [6.07, 6.45) is 2.30. The van der Waals surface area contributed by atoms with Gasteiger partial charge in [0.15, 0.2) is 5.96 Å². The van der Waals surface area contributed by atoms with Gasteiger partial charge in [0, 0.05) is 38.1 Å². The number of carbonyl (C=O) groups is 1. The van der Waals surface area contributed by atoms with Gasteiger partial charge in [-0.3, -0.25) is 9.98 Å².